The van der Waals surface area contributed by atoms with Gasteiger partial charge in [-0.15, -0.1) is 0 Å². The summed E-state index contributed by atoms with van der Waals surface area (Å²) in [4.78, 5) is 9.91. The molecule has 9 heavy (non-hydrogen) atoms. The summed E-state index contributed by atoms with van der Waals surface area (Å²) in [7, 11) is 4.65. The molecule has 0 aromatic rings. The smallest absolute Gasteiger partial charge is 0.290 e. The fourth-order valence-corrected chi connectivity index (χ4v) is 0.258. The number of ketones is 1. The molecule has 0 bridgehead atoms. The van der Waals surface area contributed by atoms with Crippen LogP contribution in [0.15, 0.2) is 0 Å². The summed E-state index contributed by atoms with van der Waals surface area (Å²) in [6.45, 7) is 0.996. The van der Waals surface area contributed by atoms with E-state index in [4.69, 9.17) is 0 Å². The highest BCUT2D eigenvalue weighted by Crippen LogP contribution is 2.21. The molecule has 0 saturated carbocycles. The van der Waals surface area contributed by atoms with E-state index in [1.807, 2.05) is 0 Å². The molecule has 1 unspecified atom stereocenters. The molecule has 0 aliphatic carbocycles. The third-order valence-electron chi connectivity index (χ3n) is 0.693. The summed E-state index contributed by atoms with van der Waals surface area (Å²) in [6.07, 6.45) is -4.78. The molecule has 50 valence electrons. The van der Waals surface area contributed by atoms with Gasteiger partial charge in [0.25, 0.3) is 0 Å². The van der Waals surface area contributed by atoms with E-state index in [-0.39, 0.29) is 0 Å². The average molecular weight is 136 g/mol. The van der Waals surface area contributed by atoms with Crippen LogP contribution < -0.4 is 0 Å². The minimum absolute atomic E-state index is 0.996. The van der Waals surface area contributed by atoms with E-state index in [0.717, 1.165) is 6.92 Å². The van der Waals surface area contributed by atoms with Crippen LogP contribution in [0.3, 0.4) is 0 Å². The van der Waals surface area contributed by atoms with E-state index in [1.54, 1.807) is 0 Å². The van der Waals surface area contributed by atoms with Crippen LogP contribution in [0.25, 0.3) is 0 Å². The maximum atomic E-state index is 11.3. The summed E-state index contributed by atoms with van der Waals surface area (Å²) in [6, 6.07) is 0. The third-order valence-corrected chi connectivity index (χ3v) is 0.693. The van der Waals surface area contributed by atoms with Crippen LogP contribution in [0, 0.1) is 0 Å². The van der Waals surface area contributed by atoms with E-state index >= 15 is 0 Å². The zero-order valence-corrected chi connectivity index (χ0v) is 4.70. The summed E-state index contributed by atoms with van der Waals surface area (Å²) in [5.41, 5.74) is 0. The number of hydrogen-bond donors (Lipinski definition) is 0. The monoisotopic (exact) mass is 136 g/mol. The zero-order valence-electron chi connectivity index (χ0n) is 4.70. The Bertz CT molecular complexity index is 117. The molecular formula is C4H4BF3O. The van der Waals surface area contributed by atoms with Gasteiger partial charge in [0.15, 0.2) is 0 Å². The SMILES string of the molecule is [B]C(C)C(=O)C(F)(F)F. The Hall–Kier alpha value is -0.475. The van der Waals surface area contributed by atoms with Gasteiger partial charge in [0, 0.05) is 0 Å². The van der Waals surface area contributed by atoms with E-state index in [0.29, 0.717) is 0 Å². The first-order valence-electron chi connectivity index (χ1n) is 2.22. The van der Waals surface area contributed by atoms with Gasteiger partial charge in [-0.05, 0) is 5.82 Å². The van der Waals surface area contributed by atoms with Gasteiger partial charge < -0.3 is 0 Å². The van der Waals surface area contributed by atoms with E-state index < -0.39 is 17.8 Å². The standard InChI is InChI=1S/C4H4BF3O/c1-2(5)3(9)4(6,7)8/h2H,1H3. The molecule has 1 nitrogen and oxygen atoms in total. The Labute approximate surface area is 51.6 Å². The number of hydrogen-bond acceptors (Lipinski definition) is 1. The van der Waals surface area contributed by atoms with Gasteiger partial charge in [-0.25, -0.2) is 0 Å². The predicted molar refractivity (Wildman–Crippen MR) is 26.2 cm³/mol. The minimum atomic E-state index is -4.78. The summed E-state index contributed by atoms with van der Waals surface area (Å²) in [5.74, 6) is -3.34. The van der Waals surface area contributed by atoms with Crippen molar-refractivity contribution >= 4 is 13.6 Å². The normalized spacial score (nSPS) is 15.1. The Kier molecular flexibility index (Phi) is 2.28. The number of halogens is 3. The van der Waals surface area contributed by atoms with Crippen molar-refractivity contribution in [2.75, 3.05) is 0 Å². The maximum Gasteiger partial charge on any atom is 0.449 e. The molecule has 0 aromatic carbocycles. The number of Topliss-reactive ketones (excluding diaryl/α,β-unsaturated/α-hetero) is 1. The molecule has 0 aromatic heterocycles. The second kappa shape index (κ2) is 2.41. The van der Waals surface area contributed by atoms with Crippen molar-refractivity contribution in [3.63, 3.8) is 0 Å². The summed E-state index contributed by atoms with van der Waals surface area (Å²) >= 11 is 0. The molecular weight excluding hydrogens is 132 g/mol. The maximum absolute atomic E-state index is 11.3. The van der Waals surface area contributed by atoms with Crippen molar-refractivity contribution in [1.29, 1.82) is 0 Å². The topological polar surface area (TPSA) is 17.1 Å². The van der Waals surface area contributed by atoms with Crippen LogP contribution in [-0.2, 0) is 4.79 Å². The van der Waals surface area contributed by atoms with Crippen molar-refractivity contribution < 1.29 is 18.0 Å². The van der Waals surface area contributed by atoms with Crippen LogP contribution in [0.1, 0.15) is 6.92 Å². The Morgan fingerprint density at radius 2 is 1.89 bits per heavy atom. The lowest BCUT2D eigenvalue weighted by Gasteiger charge is -2.06. The molecule has 2 radical (unpaired) electrons. The molecule has 0 saturated heterocycles. The second-order valence-electron chi connectivity index (χ2n) is 1.65. The van der Waals surface area contributed by atoms with Crippen LogP contribution in [0.4, 0.5) is 13.2 Å². The minimum Gasteiger partial charge on any atom is -0.290 e. The lowest BCUT2D eigenvalue weighted by atomic mass is 9.85. The largest absolute Gasteiger partial charge is 0.449 e. The fourth-order valence-electron chi connectivity index (χ4n) is 0.258. The molecule has 0 aliphatic rings. The van der Waals surface area contributed by atoms with Crippen molar-refractivity contribution in [3.8, 4) is 0 Å². The number of carbonyl (C=O) groups excluding carboxylic acids is 1. The molecule has 5 heteroatoms. The molecule has 1 atom stereocenters. The first-order chi connectivity index (χ1) is 3.85. The molecule has 0 fully saturated rings. The van der Waals surface area contributed by atoms with Gasteiger partial charge in [0.2, 0.25) is 5.78 Å². The van der Waals surface area contributed by atoms with Crippen LogP contribution >= 0.6 is 0 Å². The Balaban J connectivity index is 4.06. The summed E-state index contributed by atoms with van der Waals surface area (Å²) in [5, 5.41) is 0. The van der Waals surface area contributed by atoms with Crippen LogP contribution in [0.5, 0.6) is 0 Å². The van der Waals surface area contributed by atoms with Gasteiger partial charge in [0.05, 0.1) is 7.85 Å². The average Bonchev–Trinajstić information content (AvgIpc) is 1.62. The molecule has 0 N–H and O–H groups in total. The first kappa shape index (κ1) is 8.52. The van der Waals surface area contributed by atoms with Crippen molar-refractivity contribution in [2.45, 2.75) is 18.9 Å². The van der Waals surface area contributed by atoms with Crippen molar-refractivity contribution in [1.82, 2.24) is 0 Å². The van der Waals surface area contributed by atoms with Gasteiger partial charge >= 0.3 is 6.18 Å². The highest BCUT2D eigenvalue weighted by molar-refractivity contribution is 6.24. The van der Waals surface area contributed by atoms with Gasteiger partial charge in [-0.1, -0.05) is 6.92 Å². The predicted octanol–water partition coefficient (Wildman–Crippen LogP) is 1.09. The number of rotatable bonds is 1. The second-order valence-corrected chi connectivity index (χ2v) is 1.65. The fraction of sp³-hybridized carbons (Fsp3) is 0.750. The Morgan fingerprint density at radius 1 is 1.56 bits per heavy atom. The highest BCUT2D eigenvalue weighted by Gasteiger charge is 2.39. The van der Waals surface area contributed by atoms with Crippen LogP contribution in [-0.4, -0.2) is 19.8 Å². The lowest BCUT2D eigenvalue weighted by Crippen LogP contribution is -2.25. The highest BCUT2D eigenvalue weighted by atomic mass is 19.4. The van der Waals surface area contributed by atoms with E-state index in [1.165, 1.54) is 0 Å². The lowest BCUT2D eigenvalue weighted by molar-refractivity contribution is -0.170. The van der Waals surface area contributed by atoms with Gasteiger partial charge in [-0.2, -0.15) is 13.2 Å². The molecule has 0 heterocycles. The molecule has 0 amide bonds. The van der Waals surface area contributed by atoms with E-state index in [2.05, 4.69) is 7.85 Å². The third kappa shape index (κ3) is 2.53. The molecule has 0 spiro atoms. The molecule has 0 aliphatic heterocycles. The van der Waals surface area contributed by atoms with Crippen molar-refractivity contribution in [3.05, 3.63) is 0 Å². The van der Waals surface area contributed by atoms with Crippen molar-refractivity contribution in [2.24, 2.45) is 0 Å². The quantitative estimate of drug-likeness (QED) is 0.493. The number of carbonyl (C=O) groups is 1. The first-order valence-corrected chi connectivity index (χ1v) is 2.22. The van der Waals surface area contributed by atoms with Gasteiger partial charge in [-0.3, -0.25) is 4.79 Å². The zero-order chi connectivity index (χ0) is 7.65. The Morgan fingerprint density at radius 3 is 1.89 bits per heavy atom. The van der Waals surface area contributed by atoms with E-state index in [9.17, 15) is 18.0 Å². The summed E-state index contributed by atoms with van der Waals surface area (Å²) < 4.78 is 33.8. The molecule has 0 rings (SSSR count). The van der Waals surface area contributed by atoms with Gasteiger partial charge in [0.1, 0.15) is 0 Å². The number of alkyl halides is 3. The van der Waals surface area contributed by atoms with Crippen LogP contribution in [0.2, 0.25) is 5.82 Å².